The van der Waals surface area contributed by atoms with Gasteiger partial charge >= 0.3 is 11.9 Å². The molecule has 1 aliphatic carbocycles. The van der Waals surface area contributed by atoms with Gasteiger partial charge in [0.15, 0.2) is 0 Å². The van der Waals surface area contributed by atoms with E-state index < -0.39 is 23.4 Å². The number of aliphatic hydroxyl groups is 1. The van der Waals surface area contributed by atoms with E-state index in [9.17, 15) is 14.7 Å². The van der Waals surface area contributed by atoms with Gasteiger partial charge in [-0.05, 0) is 50.9 Å². The van der Waals surface area contributed by atoms with E-state index in [1.807, 2.05) is 13.8 Å². The average molecular weight is 521 g/mol. The summed E-state index contributed by atoms with van der Waals surface area (Å²) in [6.07, 6.45) is 12.2. The molecule has 0 amide bonds. The quantitative estimate of drug-likeness (QED) is 0.224. The second kappa shape index (κ2) is 13.0. The fourth-order valence-electron chi connectivity index (χ4n) is 7.05. The van der Waals surface area contributed by atoms with Crippen molar-refractivity contribution in [2.24, 2.45) is 23.7 Å². The van der Waals surface area contributed by atoms with Crippen LogP contribution in [0.4, 0.5) is 0 Å². The molecular formula is C30H48O7. The Morgan fingerprint density at radius 1 is 1.22 bits per heavy atom. The van der Waals surface area contributed by atoms with Crippen molar-refractivity contribution in [3.63, 3.8) is 0 Å². The molecule has 1 saturated carbocycles. The summed E-state index contributed by atoms with van der Waals surface area (Å²) in [5, 5.41) is 11.5. The van der Waals surface area contributed by atoms with Crippen molar-refractivity contribution >= 4 is 11.9 Å². The Hall–Kier alpha value is -1.62. The Morgan fingerprint density at radius 3 is 2.62 bits per heavy atom. The topological polar surface area (TPSA) is 91.3 Å². The predicted octanol–water partition coefficient (Wildman–Crippen LogP) is 4.82. The highest BCUT2D eigenvalue weighted by Gasteiger charge is 2.65. The molecule has 2 aliphatic heterocycles. The van der Waals surface area contributed by atoms with Crippen LogP contribution in [-0.2, 0) is 28.5 Å². The first-order valence-electron chi connectivity index (χ1n) is 14.3. The molecule has 9 atom stereocenters. The molecule has 0 radical (unpaired) electrons. The van der Waals surface area contributed by atoms with Crippen molar-refractivity contribution < 1.29 is 33.6 Å². The number of unbranched alkanes of at least 4 members (excludes halogenated alkanes) is 4. The van der Waals surface area contributed by atoms with Crippen LogP contribution in [0.15, 0.2) is 0 Å². The minimum atomic E-state index is -0.972. The third-order valence-electron chi connectivity index (χ3n) is 9.04. The number of carbonyl (C=O) groups is 2. The van der Waals surface area contributed by atoms with Gasteiger partial charge in [0.2, 0.25) is 0 Å². The van der Waals surface area contributed by atoms with Gasteiger partial charge in [-0.15, -0.1) is 12.3 Å². The van der Waals surface area contributed by atoms with Gasteiger partial charge in [0.05, 0.1) is 31.0 Å². The average Bonchev–Trinajstić information content (AvgIpc) is 3.18. The van der Waals surface area contributed by atoms with E-state index in [0.717, 1.165) is 38.5 Å². The summed E-state index contributed by atoms with van der Waals surface area (Å²) in [6, 6.07) is 0. The first-order chi connectivity index (χ1) is 17.5. The lowest BCUT2D eigenvalue weighted by molar-refractivity contribution is -0.206. The van der Waals surface area contributed by atoms with Crippen LogP contribution in [-0.4, -0.2) is 59.8 Å². The van der Waals surface area contributed by atoms with Gasteiger partial charge in [0, 0.05) is 32.1 Å². The van der Waals surface area contributed by atoms with Crippen LogP contribution in [0, 0.1) is 36.0 Å². The smallest absolute Gasteiger partial charge is 0.306 e. The Balaban J connectivity index is 1.88. The van der Waals surface area contributed by atoms with E-state index >= 15 is 0 Å². The number of esters is 2. The lowest BCUT2D eigenvalue weighted by atomic mass is 9.58. The van der Waals surface area contributed by atoms with Gasteiger partial charge in [-0.3, -0.25) is 9.59 Å². The van der Waals surface area contributed by atoms with Crippen molar-refractivity contribution in [2.45, 2.75) is 128 Å². The molecule has 37 heavy (non-hydrogen) atoms. The Kier molecular flexibility index (Phi) is 10.5. The van der Waals surface area contributed by atoms with Gasteiger partial charge in [-0.2, -0.15) is 0 Å². The Bertz CT molecular complexity index is 817. The highest BCUT2D eigenvalue weighted by atomic mass is 16.6. The third-order valence-corrected chi connectivity index (χ3v) is 9.04. The van der Waals surface area contributed by atoms with E-state index in [1.54, 1.807) is 0 Å². The SMILES string of the molecule is C#CC[C@H]1O[C@@H]2[C@@H]3[C@H](CC[C@](C)(O)[C@@H]31)[C@H](C)CO[C@@]2(C)[C@H](CCOC(C)=O)OC(=O)CCCCCCC. The molecule has 3 rings (SSSR count). The zero-order valence-corrected chi connectivity index (χ0v) is 23.5. The van der Waals surface area contributed by atoms with E-state index in [4.69, 9.17) is 25.4 Å². The molecule has 1 N–H and O–H groups in total. The monoisotopic (exact) mass is 520 g/mol. The van der Waals surface area contributed by atoms with Crippen molar-refractivity contribution in [3.8, 4) is 12.3 Å². The zero-order valence-electron chi connectivity index (χ0n) is 23.5. The minimum Gasteiger partial charge on any atom is -0.466 e. The zero-order chi connectivity index (χ0) is 27.2. The molecule has 3 aliphatic rings. The molecule has 0 spiro atoms. The lowest BCUT2D eigenvalue weighted by Crippen LogP contribution is -2.57. The number of ether oxygens (including phenoxy) is 4. The van der Waals surface area contributed by atoms with Crippen molar-refractivity contribution in [1.82, 2.24) is 0 Å². The predicted molar refractivity (Wildman–Crippen MR) is 140 cm³/mol. The standard InChI is InChI=1S/C30H48O7/c1-7-9-10-11-12-14-25(32)37-24(16-18-34-21(4)31)30(6)28-26-22(20(3)19-35-30)15-17-29(5,33)27(26)23(36-28)13-8-2/h2,20,22-24,26-28,33H,7,9-19H2,1,3-6H3/t20-,22-,23-,24+,26-,27-,28-,29+,30+/m1/s1. The molecule has 7 nitrogen and oxygen atoms in total. The van der Waals surface area contributed by atoms with E-state index in [1.165, 1.54) is 6.92 Å². The summed E-state index contributed by atoms with van der Waals surface area (Å²) in [5.74, 6) is 2.55. The van der Waals surface area contributed by atoms with Crippen LogP contribution in [0.25, 0.3) is 0 Å². The highest BCUT2D eigenvalue weighted by Crippen LogP contribution is 2.57. The lowest BCUT2D eigenvalue weighted by Gasteiger charge is -2.47. The van der Waals surface area contributed by atoms with Gasteiger partial charge in [-0.25, -0.2) is 0 Å². The molecule has 2 saturated heterocycles. The first kappa shape index (κ1) is 29.9. The maximum absolute atomic E-state index is 13.0. The molecule has 7 heteroatoms. The second-order valence-corrected chi connectivity index (χ2v) is 11.9. The number of carbonyl (C=O) groups excluding carboxylic acids is 2. The number of terminal acetylenes is 1. The fourth-order valence-corrected chi connectivity index (χ4v) is 7.05. The van der Waals surface area contributed by atoms with Crippen LogP contribution in [0.1, 0.15) is 98.8 Å². The summed E-state index contributed by atoms with van der Waals surface area (Å²) in [5.41, 5.74) is -1.87. The molecule has 3 fully saturated rings. The summed E-state index contributed by atoms with van der Waals surface area (Å²) >= 11 is 0. The van der Waals surface area contributed by atoms with E-state index in [0.29, 0.717) is 38.2 Å². The summed E-state index contributed by atoms with van der Waals surface area (Å²) in [4.78, 5) is 24.5. The number of hydrogen-bond acceptors (Lipinski definition) is 7. The molecule has 0 aromatic rings. The maximum Gasteiger partial charge on any atom is 0.306 e. The van der Waals surface area contributed by atoms with E-state index in [-0.39, 0.29) is 42.4 Å². The molecule has 210 valence electrons. The van der Waals surface area contributed by atoms with Crippen LogP contribution < -0.4 is 0 Å². The van der Waals surface area contributed by atoms with Gasteiger partial charge in [0.1, 0.15) is 11.7 Å². The van der Waals surface area contributed by atoms with Gasteiger partial charge in [0.25, 0.3) is 0 Å². The van der Waals surface area contributed by atoms with E-state index in [2.05, 4.69) is 19.8 Å². The Labute approximate surface area is 223 Å². The molecule has 0 aromatic heterocycles. The molecular weight excluding hydrogens is 472 g/mol. The maximum atomic E-state index is 13.0. The summed E-state index contributed by atoms with van der Waals surface area (Å²) < 4.78 is 24.7. The molecule has 0 aromatic carbocycles. The molecule has 2 heterocycles. The van der Waals surface area contributed by atoms with Gasteiger partial charge in [-0.1, -0.05) is 39.5 Å². The molecule has 0 unspecified atom stereocenters. The van der Waals surface area contributed by atoms with Crippen LogP contribution in [0.3, 0.4) is 0 Å². The number of hydrogen-bond donors (Lipinski definition) is 1. The Morgan fingerprint density at radius 2 is 1.95 bits per heavy atom. The largest absolute Gasteiger partial charge is 0.466 e. The second-order valence-electron chi connectivity index (χ2n) is 11.9. The highest BCUT2D eigenvalue weighted by molar-refractivity contribution is 5.69. The van der Waals surface area contributed by atoms with Crippen molar-refractivity contribution in [2.75, 3.05) is 13.2 Å². The fraction of sp³-hybridized carbons (Fsp3) is 0.867. The normalized spacial score (nSPS) is 37.6. The van der Waals surface area contributed by atoms with Crippen molar-refractivity contribution in [1.29, 1.82) is 0 Å². The summed E-state index contributed by atoms with van der Waals surface area (Å²) in [7, 11) is 0. The number of rotatable bonds is 12. The first-order valence-corrected chi connectivity index (χ1v) is 14.3. The third kappa shape index (κ3) is 6.88. The summed E-state index contributed by atoms with van der Waals surface area (Å²) in [6.45, 7) is 10.2. The van der Waals surface area contributed by atoms with Crippen LogP contribution >= 0.6 is 0 Å². The van der Waals surface area contributed by atoms with Gasteiger partial charge < -0.3 is 24.1 Å². The van der Waals surface area contributed by atoms with Crippen LogP contribution in [0.5, 0.6) is 0 Å². The van der Waals surface area contributed by atoms with Crippen LogP contribution in [0.2, 0.25) is 0 Å². The minimum absolute atomic E-state index is 0.0218. The molecule has 0 bridgehead atoms. The van der Waals surface area contributed by atoms with Crippen molar-refractivity contribution in [3.05, 3.63) is 0 Å².